The number of nitrogens with zero attached hydrogens (tertiary/aromatic N) is 2. The van der Waals surface area contributed by atoms with Crippen LogP contribution in [0, 0.1) is 6.92 Å². The zero-order valence-corrected chi connectivity index (χ0v) is 23.9. The van der Waals surface area contributed by atoms with Gasteiger partial charge in [-0.1, -0.05) is 62.7 Å². The van der Waals surface area contributed by atoms with E-state index in [9.17, 15) is 13.2 Å². The van der Waals surface area contributed by atoms with Crippen molar-refractivity contribution >= 4 is 21.6 Å². The normalized spacial score (nSPS) is 15.8. The standard InChI is InChI=1S/C29H35ClN2O5S/c1-21-6-11-25(17-26(21)30)38(34,35)32-13-5-12-31(14-15-32)18-24-16-27(33)28(20-36-24)37-19-22-7-9-23(10-8-22)29(2,3)4/h6-11,16-17,20H,5,12-15,18-19H2,1-4H3. The molecular weight excluding hydrogens is 524 g/mol. The van der Waals surface area contributed by atoms with Crippen molar-refractivity contribution < 1.29 is 17.6 Å². The van der Waals surface area contributed by atoms with E-state index in [4.69, 9.17) is 20.8 Å². The van der Waals surface area contributed by atoms with Gasteiger partial charge in [-0.25, -0.2) is 8.42 Å². The van der Waals surface area contributed by atoms with Crippen LogP contribution in [0.3, 0.4) is 0 Å². The molecule has 0 aliphatic carbocycles. The number of ether oxygens (including phenoxy) is 1. The van der Waals surface area contributed by atoms with Gasteiger partial charge < -0.3 is 9.15 Å². The summed E-state index contributed by atoms with van der Waals surface area (Å²) in [6.07, 6.45) is 2.02. The third-order valence-corrected chi connectivity index (χ3v) is 9.08. The Balaban J connectivity index is 1.34. The summed E-state index contributed by atoms with van der Waals surface area (Å²) in [6, 6.07) is 14.4. The number of halogens is 1. The molecule has 1 aromatic heterocycles. The van der Waals surface area contributed by atoms with Crippen LogP contribution in [0.5, 0.6) is 5.75 Å². The molecule has 1 saturated heterocycles. The van der Waals surface area contributed by atoms with E-state index in [-0.39, 0.29) is 28.1 Å². The van der Waals surface area contributed by atoms with Crippen molar-refractivity contribution in [3.8, 4) is 5.75 Å². The van der Waals surface area contributed by atoms with Crippen LogP contribution in [0.1, 0.15) is 49.6 Å². The minimum absolute atomic E-state index is 0.0750. The molecule has 1 fully saturated rings. The summed E-state index contributed by atoms with van der Waals surface area (Å²) in [7, 11) is -3.64. The molecule has 0 amide bonds. The van der Waals surface area contributed by atoms with Crippen LogP contribution in [-0.2, 0) is 28.6 Å². The highest BCUT2D eigenvalue weighted by atomic mass is 35.5. The zero-order valence-electron chi connectivity index (χ0n) is 22.4. The highest BCUT2D eigenvalue weighted by Crippen LogP contribution is 2.25. The third kappa shape index (κ3) is 6.86. The molecule has 0 saturated carbocycles. The molecule has 7 nitrogen and oxygen atoms in total. The van der Waals surface area contributed by atoms with Crippen LogP contribution < -0.4 is 10.2 Å². The quantitative estimate of drug-likeness (QED) is 0.387. The summed E-state index contributed by atoms with van der Waals surface area (Å²) >= 11 is 6.16. The van der Waals surface area contributed by atoms with Gasteiger partial charge in [0.05, 0.1) is 11.4 Å². The van der Waals surface area contributed by atoms with E-state index >= 15 is 0 Å². The summed E-state index contributed by atoms with van der Waals surface area (Å²) in [5.41, 5.74) is 2.87. The lowest BCUT2D eigenvalue weighted by molar-refractivity contribution is 0.245. The molecule has 2 heterocycles. The van der Waals surface area contributed by atoms with E-state index in [0.717, 1.165) is 11.1 Å². The first-order valence-corrected chi connectivity index (χ1v) is 14.6. The predicted molar refractivity (Wildman–Crippen MR) is 149 cm³/mol. The van der Waals surface area contributed by atoms with Crippen molar-refractivity contribution in [3.63, 3.8) is 0 Å². The van der Waals surface area contributed by atoms with Crippen LogP contribution in [0.2, 0.25) is 5.02 Å². The summed E-state index contributed by atoms with van der Waals surface area (Å²) in [6.45, 7) is 11.0. The molecule has 9 heteroatoms. The number of rotatable bonds is 7. The largest absolute Gasteiger partial charge is 0.482 e. The second-order valence-electron chi connectivity index (χ2n) is 10.8. The van der Waals surface area contributed by atoms with Crippen LogP contribution >= 0.6 is 11.6 Å². The van der Waals surface area contributed by atoms with Gasteiger partial charge in [0.2, 0.25) is 21.2 Å². The Hall–Kier alpha value is -2.65. The van der Waals surface area contributed by atoms with Crippen molar-refractivity contribution in [2.75, 3.05) is 26.2 Å². The molecule has 0 unspecified atom stereocenters. The maximum absolute atomic E-state index is 13.2. The average Bonchev–Trinajstić information content (AvgIpc) is 3.11. The number of hydrogen-bond donors (Lipinski definition) is 0. The topological polar surface area (TPSA) is 80.1 Å². The first kappa shape index (κ1) is 28.4. The lowest BCUT2D eigenvalue weighted by Crippen LogP contribution is -2.35. The summed E-state index contributed by atoms with van der Waals surface area (Å²) in [5, 5.41) is 0.434. The van der Waals surface area contributed by atoms with Crippen LogP contribution in [0.15, 0.2) is 68.9 Å². The smallest absolute Gasteiger partial charge is 0.243 e. The Kier molecular flexibility index (Phi) is 8.67. The van der Waals surface area contributed by atoms with E-state index in [0.29, 0.717) is 49.9 Å². The van der Waals surface area contributed by atoms with Crippen molar-refractivity contribution in [2.45, 2.75) is 57.6 Å². The first-order valence-electron chi connectivity index (χ1n) is 12.8. The highest BCUT2D eigenvalue weighted by molar-refractivity contribution is 7.89. The molecule has 0 bridgehead atoms. The molecule has 3 aromatic rings. The van der Waals surface area contributed by atoms with E-state index in [1.807, 2.05) is 19.1 Å². The lowest BCUT2D eigenvalue weighted by Gasteiger charge is -2.21. The molecule has 204 valence electrons. The van der Waals surface area contributed by atoms with E-state index in [1.165, 1.54) is 28.3 Å². The van der Waals surface area contributed by atoms with Gasteiger partial charge in [0.15, 0.2) is 0 Å². The monoisotopic (exact) mass is 558 g/mol. The van der Waals surface area contributed by atoms with Crippen molar-refractivity contribution in [3.05, 3.63) is 92.5 Å². The molecule has 0 atom stereocenters. The number of aryl methyl sites for hydroxylation is 1. The summed E-state index contributed by atoms with van der Waals surface area (Å²) in [4.78, 5) is 14.9. The fraction of sp³-hybridized carbons (Fsp3) is 0.414. The number of sulfonamides is 1. The minimum atomic E-state index is -3.64. The van der Waals surface area contributed by atoms with Gasteiger partial charge in [-0.15, -0.1) is 0 Å². The summed E-state index contributed by atoms with van der Waals surface area (Å²) < 4.78 is 39.2. The van der Waals surface area contributed by atoms with E-state index in [2.05, 4.69) is 37.8 Å². The van der Waals surface area contributed by atoms with Crippen molar-refractivity contribution in [1.82, 2.24) is 9.21 Å². The average molecular weight is 559 g/mol. The Morgan fingerprint density at radius 2 is 1.74 bits per heavy atom. The van der Waals surface area contributed by atoms with Gasteiger partial charge in [0.1, 0.15) is 18.6 Å². The molecule has 38 heavy (non-hydrogen) atoms. The first-order chi connectivity index (χ1) is 17.9. The third-order valence-electron chi connectivity index (χ3n) is 6.77. The van der Waals surface area contributed by atoms with Crippen LogP contribution in [0.4, 0.5) is 0 Å². The van der Waals surface area contributed by atoms with Gasteiger partial charge in [0.25, 0.3) is 0 Å². The molecule has 1 aliphatic rings. The van der Waals surface area contributed by atoms with Gasteiger partial charge in [-0.05, 0) is 54.1 Å². The Morgan fingerprint density at radius 1 is 1.00 bits per heavy atom. The van der Waals surface area contributed by atoms with Crippen LogP contribution in [0.25, 0.3) is 0 Å². The van der Waals surface area contributed by atoms with E-state index in [1.54, 1.807) is 12.1 Å². The van der Waals surface area contributed by atoms with Gasteiger partial charge in [0, 0.05) is 30.7 Å². The van der Waals surface area contributed by atoms with Crippen molar-refractivity contribution in [1.29, 1.82) is 0 Å². The minimum Gasteiger partial charge on any atom is -0.482 e. The number of hydrogen-bond acceptors (Lipinski definition) is 6. The maximum atomic E-state index is 13.2. The Bertz CT molecular complexity index is 1430. The molecule has 4 rings (SSSR count). The van der Waals surface area contributed by atoms with Crippen molar-refractivity contribution in [2.24, 2.45) is 0 Å². The van der Waals surface area contributed by atoms with Gasteiger partial charge in [-0.3, -0.25) is 9.69 Å². The molecule has 0 radical (unpaired) electrons. The second-order valence-corrected chi connectivity index (χ2v) is 13.1. The SMILES string of the molecule is Cc1ccc(S(=O)(=O)N2CCCN(Cc3cc(=O)c(OCc4ccc(C(C)(C)C)cc4)co3)CC2)cc1Cl. The fourth-order valence-corrected chi connectivity index (χ4v) is 6.08. The molecule has 0 spiro atoms. The van der Waals surface area contributed by atoms with Gasteiger partial charge in [-0.2, -0.15) is 4.31 Å². The van der Waals surface area contributed by atoms with Gasteiger partial charge >= 0.3 is 0 Å². The Labute approximate surface area is 230 Å². The second kappa shape index (κ2) is 11.6. The Morgan fingerprint density at radius 3 is 2.39 bits per heavy atom. The zero-order chi connectivity index (χ0) is 27.5. The molecule has 1 aliphatic heterocycles. The lowest BCUT2D eigenvalue weighted by atomic mass is 9.87. The molecular formula is C29H35ClN2O5S. The van der Waals surface area contributed by atoms with Crippen LogP contribution in [-0.4, -0.2) is 43.8 Å². The van der Waals surface area contributed by atoms with E-state index < -0.39 is 10.0 Å². The summed E-state index contributed by atoms with van der Waals surface area (Å²) in [5.74, 6) is 0.678. The number of benzene rings is 2. The fourth-order valence-electron chi connectivity index (χ4n) is 4.34. The predicted octanol–water partition coefficient (Wildman–Crippen LogP) is 5.37. The molecule has 2 aromatic carbocycles. The maximum Gasteiger partial charge on any atom is 0.243 e. The molecule has 0 N–H and O–H groups in total. The highest BCUT2D eigenvalue weighted by Gasteiger charge is 2.27.